The summed E-state index contributed by atoms with van der Waals surface area (Å²) in [6, 6.07) is 15.3. The van der Waals surface area contributed by atoms with Gasteiger partial charge in [0.15, 0.2) is 0 Å². The molecule has 3 aromatic carbocycles. The Labute approximate surface area is 207 Å². The van der Waals surface area contributed by atoms with Crippen molar-refractivity contribution in [3.05, 3.63) is 99.9 Å². The number of hydrazone groups is 1. The van der Waals surface area contributed by atoms with Crippen LogP contribution >= 0.6 is 0 Å². The highest BCUT2D eigenvalue weighted by atomic mass is 32.2. The lowest BCUT2D eigenvalue weighted by molar-refractivity contribution is -0.384. The summed E-state index contributed by atoms with van der Waals surface area (Å²) < 4.78 is 67.3. The van der Waals surface area contributed by atoms with E-state index in [1.165, 1.54) is 37.3 Å². The maximum absolute atomic E-state index is 13.5. The smallest absolute Gasteiger partial charge is 0.279 e. The van der Waals surface area contributed by atoms with Gasteiger partial charge in [-0.25, -0.2) is 12.8 Å². The van der Waals surface area contributed by atoms with Crippen LogP contribution in [0.25, 0.3) is 0 Å². The van der Waals surface area contributed by atoms with Gasteiger partial charge >= 0.3 is 0 Å². The molecule has 0 bridgehead atoms. The van der Waals surface area contributed by atoms with E-state index in [-0.39, 0.29) is 22.8 Å². The number of nitro groups is 1. The average molecular weight is 533 g/mol. The van der Waals surface area contributed by atoms with Crippen LogP contribution in [-0.2, 0) is 20.0 Å². The van der Waals surface area contributed by atoms with Gasteiger partial charge in [0.2, 0.25) is 10.0 Å². The molecule has 36 heavy (non-hydrogen) atoms. The summed E-state index contributed by atoms with van der Waals surface area (Å²) in [6.45, 7) is 1.51. The number of anilines is 1. The van der Waals surface area contributed by atoms with Crippen LogP contribution in [0, 0.1) is 15.9 Å². The second kappa shape index (κ2) is 9.66. The van der Waals surface area contributed by atoms with Gasteiger partial charge in [-0.1, -0.05) is 24.3 Å². The predicted molar refractivity (Wildman–Crippen MR) is 132 cm³/mol. The van der Waals surface area contributed by atoms with Crippen LogP contribution in [0.4, 0.5) is 15.8 Å². The third kappa shape index (κ3) is 5.21. The van der Waals surface area contributed by atoms with Gasteiger partial charge in [-0.3, -0.25) is 14.8 Å². The monoisotopic (exact) mass is 532 g/mol. The molecule has 1 aliphatic rings. The molecule has 3 aromatic rings. The summed E-state index contributed by atoms with van der Waals surface area (Å²) in [5, 5.41) is 15.6. The fourth-order valence-electron chi connectivity index (χ4n) is 3.68. The van der Waals surface area contributed by atoms with Gasteiger partial charge in [0.1, 0.15) is 5.82 Å². The van der Waals surface area contributed by atoms with E-state index in [4.69, 9.17) is 0 Å². The summed E-state index contributed by atoms with van der Waals surface area (Å²) in [4.78, 5) is 10.5. The first-order chi connectivity index (χ1) is 17.0. The van der Waals surface area contributed by atoms with Crippen molar-refractivity contribution in [3.63, 3.8) is 0 Å². The van der Waals surface area contributed by atoms with Crippen molar-refractivity contribution in [1.82, 2.24) is 4.41 Å². The third-order valence-corrected chi connectivity index (χ3v) is 8.57. The molecular weight excluding hydrogens is 511 g/mol. The van der Waals surface area contributed by atoms with Crippen molar-refractivity contribution in [3.8, 4) is 0 Å². The Hall–Kier alpha value is -3.84. The Balaban J connectivity index is 1.74. The summed E-state index contributed by atoms with van der Waals surface area (Å²) in [5.41, 5.74) is 1.42. The van der Waals surface area contributed by atoms with E-state index in [0.717, 1.165) is 28.7 Å². The number of rotatable bonds is 8. The topological polar surface area (TPSA) is 139 Å². The van der Waals surface area contributed by atoms with Gasteiger partial charge in [-0.2, -0.15) is 17.9 Å². The minimum Gasteiger partial charge on any atom is -0.284 e. The summed E-state index contributed by atoms with van der Waals surface area (Å²) in [7, 11) is -7.72. The lowest BCUT2D eigenvalue weighted by Crippen LogP contribution is -2.27. The van der Waals surface area contributed by atoms with Gasteiger partial charge in [0, 0.05) is 24.2 Å². The van der Waals surface area contributed by atoms with Crippen LogP contribution < -0.4 is 4.72 Å². The van der Waals surface area contributed by atoms with Crippen molar-refractivity contribution in [2.24, 2.45) is 5.10 Å². The summed E-state index contributed by atoms with van der Waals surface area (Å²) in [5.74, 6) is -0.698. The second-order valence-electron chi connectivity index (χ2n) is 7.93. The number of sulfonamides is 2. The molecule has 0 aliphatic carbocycles. The van der Waals surface area contributed by atoms with E-state index in [1.54, 1.807) is 18.2 Å². The first-order valence-corrected chi connectivity index (χ1v) is 13.8. The molecular formula is C23H21FN4O6S2. The van der Waals surface area contributed by atoms with E-state index in [9.17, 15) is 31.3 Å². The quantitative estimate of drug-likeness (QED) is 0.343. The average Bonchev–Trinajstić information content (AvgIpc) is 3.31. The van der Waals surface area contributed by atoms with Gasteiger partial charge in [-0.05, 0) is 54.4 Å². The second-order valence-corrected chi connectivity index (χ2v) is 11.7. The number of hydrogen-bond acceptors (Lipinski definition) is 7. The SMILES string of the molecule is CCS(=O)(=O)Nc1ccc(C2=NN(S(=O)(=O)c3ccc(F)cc3)[C@@H](c3cccc([N+](=O)[O-])c3)C2)cc1. The van der Waals surface area contributed by atoms with Crippen LogP contribution in [0.2, 0.25) is 0 Å². The maximum Gasteiger partial charge on any atom is 0.279 e. The molecule has 0 aromatic heterocycles. The molecule has 1 heterocycles. The van der Waals surface area contributed by atoms with Crippen LogP contribution in [0.1, 0.15) is 30.5 Å². The number of nitrogens with zero attached hydrogens (tertiary/aromatic N) is 3. The zero-order valence-electron chi connectivity index (χ0n) is 18.9. The van der Waals surface area contributed by atoms with Gasteiger partial charge in [0.05, 0.1) is 27.3 Å². The van der Waals surface area contributed by atoms with Crippen molar-refractivity contribution < 1.29 is 26.1 Å². The number of nitrogens with one attached hydrogen (secondary N) is 1. The standard InChI is InChI=1S/C23H21FN4O6S2/c1-2-35(31,32)26-19-10-6-16(7-11-19)22-15-23(17-4-3-5-20(14-17)28(29)30)27(25-22)36(33,34)21-12-8-18(24)9-13-21/h3-14,23,26H,2,15H2,1H3/t23-/m1/s1. The molecule has 0 unspecified atom stereocenters. The highest BCUT2D eigenvalue weighted by molar-refractivity contribution is 7.92. The van der Waals surface area contributed by atoms with Gasteiger partial charge in [0.25, 0.3) is 15.7 Å². The minimum atomic E-state index is -4.24. The normalized spacial score (nSPS) is 16.0. The van der Waals surface area contributed by atoms with Crippen molar-refractivity contribution >= 4 is 37.1 Å². The number of benzene rings is 3. The van der Waals surface area contributed by atoms with Gasteiger partial charge < -0.3 is 0 Å². The number of nitro benzene ring substituents is 1. The van der Waals surface area contributed by atoms with Crippen LogP contribution in [0.5, 0.6) is 0 Å². The van der Waals surface area contributed by atoms with E-state index >= 15 is 0 Å². The van der Waals surface area contributed by atoms with Crippen LogP contribution in [-0.4, -0.2) is 37.6 Å². The number of halogens is 1. The molecule has 1 aliphatic heterocycles. The maximum atomic E-state index is 13.5. The molecule has 0 amide bonds. The zero-order chi connectivity index (χ0) is 26.1. The molecule has 13 heteroatoms. The number of hydrogen-bond donors (Lipinski definition) is 1. The van der Waals surface area contributed by atoms with E-state index in [2.05, 4.69) is 9.82 Å². The fraction of sp³-hybridized carbons (Fsp3) is 0.174. The zero-order valence-corrected chi connectivity index (χ0v) is 20.5. The molecule has 1 N–H and O–H groups in total. The van der Waals surface area contributed by atoms with Gasteiger partial charge in [-0.15, -0.1) is 0 Å². The molecule has 0 saturated heterocycles. The molecule has 0 radical (unpaired) electrons. The Kier molecular flexibility index (Phi) is 6.78. The molecule has 0 fully saturated rings. The van der Waals surface area contributed by atoms with Crippen LogP contribution in [0.15, 0.2) is 82.8 Å². The Morgan fingerprint density at radius 1 is 1.06 bits per heavy atom. The first kappa shape index (κ1) is 25.3. The van der Waals surface area contributed by atoms with Crippen molar-refractivity contribution in [2.45, 2.75) is 24.3 Å². The molecule has 188 valence electrons. The highest BCUT2D eigenvalue weighted by Crippen LogP contribution is 2.38. The molecule has 0 saturated carbocycles. The predicted octanol–water partition coefficient (Wildman–Crippen LogP) is 4.04. The summed E-state index contributed by atoms with van der Waals surface area (Å²) in [6.07, 6.45) is 0.0988. The Morgan fingerprint density at radius 2 is 1.72 bits per heavy atom. The van der Waals surface area contributed by atoms with E-state index in [0.29, 0.717) is 22.5 Å². The lowest BCUT2D eigenvalue weighted by Gasteiger charge is -2.23. The van der Waals surface area contributed by atoms with E-state index < -0.39 is 36.8 Å². The first-order valence-electron chi connectivity index (χ1n) is 10.7. The largest absolute Gasteiger partial charge is 0.284 e. The highest BCUT2D eigenvalue weighted by Gasteiger charge is 2.38. The lowest BCUT2D eigenvalue weighted by atomic mass is 9.99. The van der Waals surface area contributed by atoms with E-state index in [1.807, 2.05) is 0 Å². The number of non-ortho nitro benzene ring substituents is 1. The minimum absolute atomic E-state index is 0.0947. The molecule has 10 nitrogen and oxygen atoms in total. The molecule has 0 spiro atoms. The third-order valence-electron chi connectivity index (χ3n) is 5.57. The van der Waals surface area contributed by atoms with Crippen molar-refractivity contribution in [2.75, 3.05) is 10.5 Å². The Morgan fingerprint density at radius 3 is 2.33 bits per heavy atom. The fourth-order valence-corrected chi connectivity index (χ4v) is 5.75. The molecule has 4 rings (SSSR count). The summed E-state index contributed by atoms with van der Waals surface area (Å²) >= 11 is 0. The molecule has 1 atom stereocenters. The Bertz CT molecular complexity index is 1540. The van der Waals surface area contributed by atoms with Crippen LogP contribution in [0.3, 0.4) is 0 Å². The van der Waals surface area contributed by atoms with Crippen molar-refractivity contribution in [1.29, 1.82) is 0 Å².